The second kappa shape index (κ2) is 4.74. The van der Waals surface area contributed by atoms with E-state index in [1.54, 1.807) is 36.9 Å². The molecule has 0 radical (unpaired) electrons. The van der Waals surface area contributed by atoms with Gasteiger partial charge in [0.2, 0.25) is 0 Å². The molecule has 2 heterocycles. The SMILES string of the molecule is CNc1cn(-c2ccc3c(c2)sc(=O)n3C)c(=O)[nH]c1=O. The number of thiazole rings is 1. The van der Waals surface area contributed by atoms with Crippen molar-refractivity contribution in [1.82, 2.24) is 14.1 Å². The van der Waals surface area contributed by atoms with Gasteiger partial charge >= 0.3 is 10.6 Å². The maximum absolute atomic E-state index is 11.9. The molecule has 0 unspecified atom stereocenters. The first-order valence-electron chi connectivity index (χ1n) is 6.15. The largest absolute Gasteiger partial charge is 0.382 e. The second-order valence-corrected chi connectivity index (χ2v) is 5.49. The van der Waals surface area contributed by atoms with E-state index in [0.717, 1.165) is 21.6 Å². The summed E-state index contributed by atoms with van der Waals surface area (Å²) in [5.74, 6) is 0. The number of H-pyrrole nitrogens is 1. The number of aryl methyl sites for hydroxylation is 1. The van der Waals surface area contributed by atoms with Crippen molar-refractivity contribution in [2.24, 2.45) is 7.05 Å². The van der Waals surface area contributed by atoms with E-state index in [-0.39, 0.29) is 10.6 Å². The molecule has 3 aromatic rings. The number of hydrogen-bond donors (Lipinski definition) is 2. The third kappa shape index (κ3) is 2.09. The summed E-state index contributed by atoms with van der Waals surface area (Å²) in [6, 6.07) is 5.26. The third-order valence-corrected chi connectivity index (χ3v) is 4.26. The van der Waals surface area contributed by atoms with Gasteiger partial charge < -0.3 is 9.88 Å². The number of aromatic nitrogens is 3. The molecule has 0 bridgehead atoms. The number of nitrogens with one attached hydrogen (secondary N) is 2. The van der Waals surface area contributed by atoms with Crippen LogP contribution in [0, 0.1) is 0 Å². The maximum Gasteiger partial charge on any atom is 0.333 e. The van der Waals surface area contributed by atoms with Crippen molar-refractivity contribution in [3.8, 4) is 5.69 Å². The Morgan fingerprint density at radius 3 is 2.71 bits per heavy atom. The van der Waals surface area contributed by atoms with Gasteiger partial charge in [0.05, 0.1) is 15.9 Å². The molecule has 0 saturated heterocycles. The van der Waals surface area contributed by atoms with Crippen LogP contribution in [0.2, 0.25) is 0 Å². The summed E-state index contributed by atoms with van der Waals surface area (Å²) in [4.78, 5) is 37.3. The lowest BCUT2D eigenvalue weighted by molar-refractivity contribution is 0.898. The molecule has 2 aromatic heterocycles. The average molecular weight is 304 g/mol. The van der Waals surface area contributed by atoms with Crippen LogP contribution in [-0.2, 0) is 7.05 Å². The maximum atomic E-state index is 11.9. The van der Waals surface area contributed by atoms with Crippen LogP contribution >= 0.6 is 11.3 Å². The fourth-order valence-corrected chi connectivity index (χ4v) is 3.03. The average Bonchev–Trinajstić information content (AvgIpc) is 2.74. The monoisotopic (exact) mass is 304 g/mol. The molecular weight excluding hydrogens is 292 g/mol. The lowest BCUT2D eigenvalue weighted by Gasteiger charge is -2.07. The molecule has 108 valence electrons. The first-order valence-corrected chi connectivity index (χ1v) is 6.96. The number of anilines is 1. The van der Waals surface area contributed by atoms with Gasteiger partial charge in [0.15, 0.2) is 0 Å². The summed E-state index contributed by atoms with van der Waals surface area (Å²) in [6.07, 6.45) is 1.44. The highest BCUT2D eigenvalue weighted by atomic mass is 32.1. The predicted molar refractivity (Wildman–Crippen MR) is 82.8 cm³/mol. The fraction of sp³-hybridized carbons (Fsp3) is 0.154. The van der Waals surface area contributed by atoms with Crippen molar-refractivity contribution < 1.29 is 0 Å². The van der Waals surface area contributed by atoms with Crippen LogP contribution in [0.4, 0.5) is 5.69 Å². The smallest absolute Gasteiger partial charge is 0.333 e. The molecule has 1 aromatic carbocycles. The summed E-state index contributed by atoms with van der Waals surface area (Å²) >= 11 is 1.11. The van der Waals surface area contributed by atoms with Crippen molar-refractivity contribution in [2.75, 3.05) is 12.4 Å². The fourth-order valence-electron chi connectivity index (χ4n) is 2.11. The first-order chi connectivity index (χ1) is 10.0. The number of fused-ring (bicyclic) bond motifs is 1. The van der Waals surface area contributed by atoms with Crippen LogP contribution in [0.5, 0.6) is 0 Å². The van der Waals surface area contributed by atoms with Crippen LogP contribution in [0.1, 0.15) is 0 Å². The number of hydrogen-bond acceptors (Lipinski definition) is 5. The van der Waals surface area contributed by atoms with E-state index >= 15 is 0 Å². The van der Waals surface area contributed by atoms with E-state index in [2.05, 4.69) is 10.3 Å². The first kappa shape index (κ1) is 13.4. The molecule has 21 heavy (non-hydrogen) atoms. The summed E-state index contributed by atoms with van der Waals surface area (Å²) in [5.41, 5.74) is 0.684. The van der Waals surface area contributed by atoms with Gasteiger partial charge in [-0.3, -0.25) is 19.1 Å². The zero-order valence-corrected chi connectivity index (χ0v) is 12.2. The second-order valence-electron chi connectivity index (χ2n) is 4.50. The normalized spacial score (nSPS) is 11.0. The number of nitrogens with zero attached hydrogens (tertiary/aromatic N) is 2. The summed E-state index contributed by atoms with van der Waals surface area (Å²) < 4.78 is 3.67. The summed E-state index contributed by atoms with van der Waals surface area (Å²) in [7, 11) is 3.30. The van der Waals surface area contributed by atoms with Gasteiger partial charge in [-0.1, -0.05) is 11.3 Å². The Hall–Kier alpha value is -2.61. The zero-order valence-electron chi connectivity index (χ0n) is 11.3. The van der Waals surface area contributed by atoms with Crippen LogP contribution in [0.3, 0.4) is 0 Å². The van der Waals surface area contributed by atoms with E-state index in [4.69, 9.17) is 0 Å². The molecule has 0 atom stereocenters. The zero-order chi connectivity index (χ0) is 15.1. The van der Waals surface area contributed by atoms with E-state index in [9.17, 15) is 14.4 Å². The number of benzene rings is 1. The molecule has 0 aliphatic heterocycles. The van der Waals surface area contributed by atoms with Crippen LogP contribution in [0.15, 0.2) is 38.8 Å². The Bertz CT molecular complexity index is 1010. The van der Waals surface area contributed by atoms with Gasteiger partial charge in [0.25, 0.3) is 5.56 Å². The van der Waals surface area contributed by atoms with Gasteiger partial charge in [0, 0.05) is 20.3 Å². The van der Waals surface area contributed by atoms with E-state index in [1.165, 1.54) is 10.8 Å². The standard InChI is InChI=1S/C13H12N4O3S/c1-14-8-6-17(12(19)15-11(8)18)7-3-4-9-10(5-7)21-13(20)16(9)2/h3-6,14H,1-2H3,(H,15,18,19). The van der Waals surface area contributed by atoms with Crippen molar-refractivity contribution in [3.05, 3.63) is 54.9 Å². The van der Waals surface area contributed by atoms with E-state index in [0.29, 0.717) is 5.69 Å². The predicted octanol–water partition coefficient (Wildman–Crippen LogP) is 0.481. The van der Waals surface area contributed by atoms with Gasteiger partial charge in [-0.15, -0.1) is 0 Å². The van der Waals surface area contributed by atoms with Crippen molar-refractivity contribution in [3.63, 3.8) is 0 Å². The van der Waals surface area contributed by atoms with Gasteiger partial charge in [-0.25, -0.2) is 4.79 Å². The molecule has 0 fully saturated rings. The minimum atomic E-state index is -0.526. The topological polar surface area (TPSA) is 88.9 Å². The number of rotatable bonds is 2. The minimum Gasteiger partial charge on any atom is -0.382 e. The Balaban J connectivity index is 2.28. The van der Waals surface area contributed by atoms with Crippen molar-refractivity contribution in [1.29, 1.82) is 0 Å². The highest BCUT2D eigenvalue weighted by molar-refractivity contribution is 7.16. The molecular formula is C13H12N4O3S. The van der Waals surface area contributed by atoms with Crippen molar-refractivity contribution in [2.45, 2.75) is 0 Å². The number of aromatic amines is 1. The highest BCUT2D eigenvalue weighted by Gasteiger charge is 2.08. The quantitative estimate of drug-likeness (QED) is 0.721. The van der Waals surface area contributed by atoms with Crippen molar-refractivity contribution >= 4 is 27.2 Å². The molecule has 7 nitrogen and oxygen atoms in total. The van der Waals surface area contributed by atoms with Gasteiger partial charge in [0.1, 0.15) is 5.69 Å². The molecule has 0 aliphatic carbocycles. The summed E-state index contributed by atoms with van der Waals surface area (Å²) in [5, 5.41) is 2.73. The lowest BCUT2D eigenvalue weighted by Crippen LogP contribution is -2.29. The Labute approximate surface area is 122 Å². The molecule has 3 rings (SSSR count). The Kier molecular flexibility index (Phi) is 3.02. The Morgan fingerprint density at radius 2 is 2.00 bits per heavy atom. The molecule has 8 heteroatoms. The molecule has 2 N–H and O–H groups in total. The molecule has 0 saturated carbocycles. The molecule has 0 aliphatic rings. The van der Waals surface area contributed by atoms with Crippen LogP contribution in [-0.4, -0.2) is 21.2 Å². The third-order valence-electron chi connectivity index (χ3n) is 3.27. The van der Waals surface area contributed by atoms with E-state index < -0.39 is 11.2 Å². The Morgan fingerprint density at radius 1 is 1.24 bits per heavy atom. The minimum absolute atomic E-state index is 0.0631. The lowest BCUT2D eigenvalue weighted by atomic mass is 10.3. The van der Waals surface area contributed by atoms with E-state index in [1.807, 2.05) is 0 Å². The van der Waals surface area contributed by atoms with Crippen LogP contribution < -0.4 is 21.4 Å². The molecule has 0 spiro atoms. The molecule has 0 amide bonds. The van der Waals surface area contributed by atoms with Crippen LogP contribution in [0.25, 0.3) is 15.9 Å². The summed E-state index contributed by atoms with van der Waals surface area (Å²) in [6.45, 7) is 0. The van der Waals surface area contributed by atoms with Gasteiger partial charge in [-0.2, -0.15) is 0 Å². The highest BCUT2D eigenvalue weighted by Crippen LogP contribution is 2.20. The van der Waals surface area contributed by atoms with Gasteiger partial charge in [-0.05, 0) is 18.2 Å².